The van der Waals surface area contributed by atoms with Gasteiger partial charge in [-0.1, -0.05) is 30.3 Å². The predicted molar refractivity (Wildman–Crippen MR) is 143 cm³/mol. The number of nitrogens with one attached hydrogen (secondary N) is 1. The second-order valence-corrected chi connectivity index (χ2v) is 10.3. The van der Waals surface area contributed by atoms with Crippen LogP contribution in [0.25, 0.3) is 11.1 Å². The number of nitrogens with zero attached hydrogens (tertiary/aromatic N) is 3. The molecule has 0 atom stereocenters. The van der Waals surface area contributed by atoms with Crippen LogP contribution >= 0.6 is 11.3 Å². The number of hydrogen-bond acceptors (Lipinski definition) is 5. The van der Waals surface area contributed by atoms with Gasteiger partial charge in [-0.2, -0.15) is 0 Å². The molecule has 1 aromatic heterocycles. The third-order valence-corrected chi connectivity index (χ3v) is 8.11. The van der Waals surface area contributed by atoms with Gasteiger partial charge in [0.1, 0.15) is 5.82 Å². The van der Waals surface area contributed by atoms with Crippen LogP contribution in [0.4, 0.5) is 15.1 Å². The molecule has 3 aromatic rings. The van der Waals surface area contributed by atoms with Crippen molar-refractivity contribution >= 4 is 27.9 Å². The fraction of sp³-hybridized carbons (Fsp3) is 0.393. The zero-order chi connectivity index (χ0) is 24.0. The van der Waals surface area contributed by atoms with Crippen LogP contribution in [0.2, 0.25) is 0 Å². The molecule has 1 amide bonds. The van der Waals surface area contributed by atoms with E-state index in [1.807, 2.05) is 18.2 Å². The maximum absolute atomic E-state index is 13.2. The van der Waals surface area contributed by atoms with Gasteiger partial charge in [-0.25, -0.2) is 4.39 Å². The van der Waals surface area contributed by atoms with Gasteiger partial charge in [-0.05, 0) is 61.7 Å². The molecule has 1 N–H and O–H groups in total. The minimum absolute atomic E-state index is 0.0266. The fourth-order valence-electron chi connectivity index (χ4n) is 4.95. The average molecular weight is 493 g/mol. The highest BCUT2D eigenvalue weighted by Gasteiger charge is 2.22. The first-order valence-corrected chi connectivity index (χ1v) is 13.4. The summed E-state index contributed by atoms with van der Waals surface area (Å²) in [7, 11) is 0. The summed E-state index contributed by atoms with van der Waals surface area (Å²) >= 11 is 1.62. The molecule has 0 saturated carbocycles. The average Bonchev–Trinajstić information content (AvgIpc) is 3.58. The maximum atomic E-state index is 13.2. The number of carbonyl (C=O) groups is 1. The van der Waals surface area contributed by atoms with E-state index in [9.17, 15) is 9.18 Å². The third-order valence-electron chi connectivity index (χ3n) is 6.92. The topological polar surface area (TPSA) is 38.8 Å². The molecule has 2 aliphatic heterocycles. The van der Waals surface area contributed by atoms with Crippen molar-refractivity contribution < 1.29 is 9.18 Å². The van der Waals surface area contributed by atoms with E-state index in [1.165, 1.54) is 41.1 Å². The van der Waals surface area contributed by atoms with Crippen LogP contribution in [-0.2, 0) is 0 Å². The van der Waals surface area contributed by atoms with Crippen molar-refractivity contribution in [1.29, 1.82) is 0 Å². The van der Waals surface area contributed by atoms with E-state index in [-0.39, 0.29) is 11.7 Å². The van der Waals surface area contributed by atoms with Gasteiger partial charge in [0.15, 0.2) is 0 Å². The smallest absolute Gasteiger partial charge is 0.261 e. The molecule has 3 heterocycles. The summed E-state index contributed by atoms with van der Waals surface area (Å²) < 4.78 is 13.2. The van der Waals surface area contributed by atoms with Crippen LogP contribution in [-0.4, -0.2) is 63.2 Å². The summed E-state index contributed by atoms with van der Waals surface area (Å²) in [4.78, 5) is 20.9. The van der Waals surface area contributed by atoms with E-state index in [0.29, 0.717) is 6.54 Å². The Bertz CT molecular complexity index is 1100. The second-order valence-electron chi connectivity index (χ2n) is 9.30. The van der Waals surface area contributed by atoms with Crippen LogP contribution < -0.4 is 15.1 Å². The molecule has 5 rings (SSSR count). The summed E-state index contributed by atoms with van der Waals surface area (Å²) in [5.74, 6) is -0.167. The van der Waals surface area contributed by atoms with Gasteiger partial charge in [-0.15, -0.1) is 11.3 Å². The number of rotatable bonds is 8. The van der Waals surface area contributed by atoms with Crippen LogP contribution in [0.15, 0.2) is 60.7 Å². The lowest BCUT2D eigenvalue weighted by molar-refractivity contribution is 0.0955. The Labute approximate surface area is 211 Å². The van der Waals surface area contributed by atoms with Crippen LogP contribution in [0.5, 0.6) is 0 Å². The molecule has 5 nitrogen and oxygen atoms in total. The Morgan fingerprint density at radius 2 is 1.60 bits per heavy atom. The lowest BCUT2D eigenvalue weighted by atomic mass is 10.1. The Morgan fingerprint density at radius 3 is 2.31 bits per heavy atom. The molecular formula is C28H33FN4OS. The molecule has 35 heavy (non-hydrogen) atoms. The van der Waals surface area contributed by atoms with E-state index in [4.69, 9.17) is 0 Å². The molecule has 0 aliphatic carbocycles. The van der Waals surface area contributed by atoms with Crippen molar-refractivity contribution in [3.05, 3.63) is 71.4 Å². The van der Waals surface area contributed by atoms with E-state index in [1.54, 1.807) is 11.3 Å². The minimum atomic E-state index is -0.194. The zero-order valence-electron chi connectivity index (χ0n) is 20.1. The fourth-order valence-corrected chi connectivity index (χ4v) is 6.09. The molecule has 184 valence electrons. The molecule has 2 fully saturated rings. The van der Waals surface area contributed by atoms with E-state index < -0.39 is 0 Å². The van der Waals surface area contributed by atoms with Gasteiger partial charge in [-0.3, -0.25) is 9.69 Å². The highest BCUT2D eigenvalue weighted by Crippen LogP contribution is 2.40. The number of thiophene rings is 1. The summed E-state index contributed by atoms with van der Waals surface area (Å²) in [6.45, 7) is 7.62. The van der Waals surface area contributed by atoms with Gasteiger partial charge >= 0.3 is 0 Å². The van der Waals surface area contributed by atoms with Crippen LogP contribution in [0, 0.1) is 5.82 Å². The van der Waals surface area contributed by atoms with Crippen molar-refractivity contribution in [2.24, 2.45) is 0 Å². The zero-order valence-corrected chi connectivity index (χ0v) is 20.9. The highest BCUT2D eigenvalue weighted by atomic mass is 32.1. The molecule has 2 aromatic carbocycles. The Balaban J connectivity index is 1.11. The summed E-state index contributed by atoms with van der Waals surface area (Å²) in [6, 6.07) is 19.2. The number of anilines is 2. The summed E-state index contributed by atoms with van der Waals surface area (Å²) in [6.07, 6.45) is 3.36. The third kappa shape index (κ3) is 5.85. The van der Waals surface area contributed by atoms with Gasteiger partial charge in [0.25, 0.3) is 5.91 Å². The quantitative estimate of drug-likeness (QED) is 0.444. The Hall–Kier alpha value is -2.90. The predicted octanol–water partition coefficient (Wildman–Crippen LogP) is 5.10. The van der Waals surface area contributed by atoms with Gasteiger partial charge in [0, 0.05) is 57.1 Å². The number of hydrogen-bond donors (Lipinski definition) is 1. The molecule has 0 unspecified atom stereocenters. The molecule has 0 radical (unpaired) electrons. The van der Waals surface area contributed by atoms with Gasteiger partial charge in [0.05, 0.1) is 9.88 Å². The number of amides is 1. The van der Waals surface area contributed by atoms with Crippen molar-refractivity contribution in [1.82, 2.24) is 10.2 Å². The molecule has 2 saturated heterocycles. The van der Waals surface area contributed by atoms with Crippen LogP contribution in [0.3, 0.4) is 0 Å². The molecular weight excluding hydrogens is 459 g/mol. The number of carbonyl (C=O) groups excluding carboxylic acids is 1. The molecule has 7 heteroatoms. The normalized spacial score (nSPS) is 16.6. The first kappa shape index (κ1) is 23.8. The largest absolute Gasteiger partial charge is 0.369 e. The van der Waals surface area contributed by atoms with E-state index in [2.05, 4.69) is 50.3 Å². The second kappa shape index (κ2) is 11.2. The van der Waals surface area contributed by atoms with Crippen LogP contribution in [0.1, 0.15) is 28.9 Å². The number of benzene rings is 2. The van der Waals surface area contributed by atoms with Crippen molar-refractivity contribution in [2.75, 3.05) is 62.2 Å². The van der Waals surface area contributed by atoms with Crippen molar-refractivity contribution in [3.8, 4) is 11.1 Å². The molecule has 0 spiro atoms. The Morgan fingerprint density at radius 1 is 0.886 bits per heavy atom. The first-order chi connectivity index (χ1) is 17.2. The van der Waals surface area contributed by atoms with Gasteiger partial charge < -0.3 is 15.1 Å². The number of piperazine rings is 1. The monoisotopic (exact) mass is 492 g/mol. The summed E-state index contributed by atoms with van der Waals surface area (Å²) in [5.41, 5.74) is 3.42. The number of halogens is 1. The first-order valence-electron chi connectivity index (χ1n) is 12.6. The van der Waals surface area contributed by atoms with Crippen molar-refractivity contribution in [2.45, 2.75) is 19.3 Å². The highest BCUT2D eigenvalue weighted by molar-refractivity contribution is 7.18. The lowest BCUT2D eigenvalue weighted by Crippen LogP contribution is -2.47. The standard InChI is InChI=1S/C28H33FN4OS/c29-23-9-11-24(12-10-23)32-19-17-31(18-20-32)14-6-13-30-27(34)26-21-25(22-7-2-1-3-8-22)28(35-26)33-15-4-5-16-33/h1-3,7-12,21H,4-6,13-20H2,(H,30,34). The SMILES string of the molecule is O=C(NCCCN1CCN(c2ccc(F)cc2)CC1)c1cc(-c2ccccc2)c(N2CCCC2)s1. The maximum Gasteiger partial charge on any atom is 0.261 e. The lowest BCUT2D eigenvalue weighted by Gasteiger charge is -2.36. The molecule has 0 bridgehead atoms. The minimum Gasteiger partial charge on any atom is -0.369 e. The summed E-state index contributed by atoms with van der Waals surface area (Å²) in [5, 5.41) is 4.36. The van der Waals surface area contributed by atoms with Crippen molar-refractivity contribution in [3.63, 3.8) is 0 Å². The Kier molecular flexibility index (Phi) is 7.64. The van der Waals surface area contributed by atoms with Gasteiger partial charge in [0.2, 0.25) is 0 Å². The molecule has 2 aliphatic rings. The van der Waals surface area contributed by atoms with E-state index in [0.717, 1.165) is 62.8 Å². The van der Waals surface area contributed by atoms with E-state index >= 15 is 0 Å².